The number of rotatable bonds is 5. The van der Waals surface area contributed by atoms with Crippen LogP contribution in [0.3, 0.4) is 0 Å². The van der Waals surface area contributed by atoms with Crippen molar-refractivity contribution >= 4 is 11.8 Å². The summed E-state index contributed by atoms with van der Waals surface area (Å²) in [4.78, 5) is 0. The average molecular weight is 299 g/mol. The van der Waals surface area contributed by atoms with Crippen molar-refractivity contribution in [3.05, 3.63) is 0 Å². The van der Waals surface area contributed by atoms with Crippen molar-refractivity contribution in [2.24, 2.45) is 17.6 Å². The first-order chi connectivity index (χ1) is 9.74. The van der Waals surface area contributed by atoms with Crippen molar-refractivity contribution in [1.29, 1.82) is 0 Å². The van der Waals surface area contributed by atoms with Crippen molar-refractivity contribution in [3.8, 4) is 0 Å². The molecule has 2 saturated heterocycles. The summed E-state index contributed by atoms with van der Waals surface area (Å²) in [5.74, 6) is 3.81. The highest BCUT2D eigenvalue weighted by atomic mass is 32.2. The second-order valence-corrected chi connectivity index (χ2v) is 7.96. The molecule has 0 bridgehead atoms. The lowest BCUT2D eigenvalue weighted by molar-refractivity contribution is -0.114. The SMILES string of the molecule is CCOC(C1CC1)C(N)C1CCOC2(CCSCC2)C1. The molecule has 3 unspecified atom stereocenters. The summed E-state index contributed by atoms with van der Waals surface area (Å²) in [6.07, 6.45) is 7.61. The first-order valence-electron chi connectivity index (χ1n) is 8.33. The first-order valence-corrected chi connectivity index (χ1v) is 9.48. The van der Waals surface area contributed by atoms with E-state index in [0.717, 1.165) is 32.0 Å². The van der Waals surface area contributed by atoms with Gasteiger partial charge >= 0.3 is 0 Å². The van der Waals surface area contributed by atoms with Gasteiger partial charge in [-0.2, -0.15) is 11.8 Å². The maximum Gasteiger partial charge on any atom is 0.0756 e. The average Bonchev–Trinajstić information content (AvgIpc) is 3.29. The Morgan fingerprint density at radius 3 is 2.65 bits per heavy atom. The lowest BCUT2D eigenvalue weighted by Gasteiger charge is -2.45. The molecule has 1 spiro atoms. The molecular weight excluding hydrogens is 270 g/mol. The Kier molecular flexibility index (Phi) is 4.96. The summed E-state index contributed by atoms with van der Waals surface area (Å²) in [5, 5.41) is 0. The van der Waals surface area contributed by atoms with E-state index in [0.29, 0.717) is 5.92 Å². The molecule has 3 nitrogen and oxygen atoms in total. The van der Waals surface area contributed by atoms with E-state index in [1.807, 2.05) is 0 Å². The molecule has 2 aliphatic heterocycles. The lowest BCUT2D eigenvalue weighted by atomic mass is 9.77. The van der Waals surface area contributed by atoms with Crippen LogP contribution in [0.4, 0.5) is 0 Å². The van der Waals surface area contributed by atoms with E-state index in [2.05, 4.69) is 18.7 Å². The van der Waals surface area contributed by atoms with Crippen molar-refractivity contribution in [1.82, 2.24) is 0 Å². The number of nitrogens with two attached hydrogens (primary N) is 1. The Morgan fingerprint density at radius 2 is 2.00 bits per heavy atom. The smallest absolute Gasteiger partial charge is 0.0756 e. The van der Waals surface area contributed by atoms with Gasteiger partial charge in [0.25, 0.3) is 0 Å². The fourth-order valence-electron chi connectivity index (χ4n) is 3.93. The van der Waals surface area contributed by atoms with Crippen molar-refractivity contribution in [2.45, 2.75) is 63.2 Å². The third-order valence-electron chi connectivity index (χ3n) is 5.30. The molecule has 4 heteroatoms. The largest absolute Gasteiger partial charge is 0.377 e. The second kappa shape index (κ2) is 6.55. The highest BCUT2D eigenvalue weighted by molar-refractivity contribution is 7.99. The number of thioether (sulfide) groups is 1. The maximum atomic E-state index is 6.62. The van der Waals surface area contributed by atoms with E-state index in [4.69, 9.17) is 15.2 Å². The zero-order valence-corrected chi connectivity index (χ0v) is 13.5. The van der Waals surface area contributed by atoms with E-state index in [-0.39, 0.29) is 17.7 Å². The minimum atomic E-state index is 0.145. The standard InChI is InChI=1S/C16H29NO2S/c1-2-18-15(12-3-4-12)14(17)13-5-8-19-16(11-13)6-9-20-10-7-16/h12-15H,2-11,17H2,1H3. The molecular formula is C16H29NO2S. The fourth-order valence-corrected chi connectivity index (χ4v) is 5.17. The second-order valence-electron chi connectivity index (χ2n) is 6.73. The van der Waals surface area contributed by atoms with Crippen LogP contribution in [0, 0.1) is 11.8 Å². The van der Waals surface area contributed by atoms with Gasteiger partial charge in [0, 0.05) is 19.3 Å². The Balaban J connectivity index is 1.62. The van der Waals surface area contributed by atoms with Gasteiger partial charge in [-0.3, -0.25) is 0 Å². The van der Waals surface area contributed by atoms with Crippen LogP contribution in [0.25, 0.3) is 0 Å². The Bertz CT molecular complexity index is 310. The molecule has 3 aliphatic rings. The zero-order chi connectivity index (χ0) is 14.0. The van der Waals surface area contributed by atoms with E-state index in [1.165, 1.54) is 37.2 Å². The summed E-state index contributed by atoms with van der Waals surface area (Å²) in [7, 11) is 0. The number of hydrogen-bond donors (Lipinski definition) is 1. The Morgan fingerprint density at radius 1 is 1.25 bits per heavy atom. The van der Waals surface area contributed by atoms with Crippen LogP contribution >= 0.6 is 11.8 Å². The topological polar surface area (TPSA) is 44.5 Å². The summed E-state index contributed by atoms with van der Waals surface area (Å²) < 4.78 is 12.2. The molecule has 0 aromatic carbocycles. The molecule has 3 atom stereocenters. The molecule has 0 radical (unpaired) electrons. The van der Waals surface area contributed by atoms with Crippen LogP contribution in [0.2, 0.25) is 0 Å². The van der Waals surface area contributed by atoms with Crippen LogP contribution < -0.4 is 5.73 Å². The summed E-state index contributed by atoms with van der Waals surface area (Å²) in [5.41, 5.74) is 6.77. The van der Waals surface area contributed by atoms with Gasteiger partial charge < -0.3 is 15.2 Å². The van der Waals surface area contributed by atoms with Crippen molar-refractivity contribution < 1.29 is 9.47 Å². The molecule has 20 heavy (non-hydrogen) atoms. The molecule has 2 N–H and O–H groups in total. The predicted molar refractivity (Wildman–Crippen MR) is 84.1 cm³/mol. The number of ether oxygens (including phenoxy) is 2. The van der Waals surface area contributed by atoms with Gasteiger partial charge in [0.15, 0.2) is 0 Å². The van der Waals surface area contributed by atoms with Gasteiger partial charge in [0.2, 0.25) is 0 Å². The van der Waals surface area contributed by atoms with Gasteiger partial charge in [-0.25, -0.2) is 0 Å². The summed E-state index contributed by atoms with van der Waals surface area (Å²) in [6, 6.07) is 0.206. The maximum absolute atomic E-state index is 6.62. The molecule has 116 valence electrons. The van der Waals surface area contributed by atoms with Crippen LogP contribution in [0.5, 0.6) is 0 Å². The summed E-state index contributed by atoms with van der Waals surface area (Å²) in [6.45, 7) is 3.78. The fraction of sp³-hybridized carbons (Fsp3) is 1.00. The third-order valence-corrected chi connectivity index (χ3v) is 6.29. The van der Waals surface area contributed by atoms with Gasteiger partial charge in [-0.1, -0.05) is 0 Å². The molecule has 2 heterocycles. The quantitative estimate of drug-likeness (QED) is 0.848. The molecule has 3 rings (SSSR count). The lowest BCUT2D eigenvalue weighted by Crippen LogP contribution is -2.51. The van der Waals surface area contributed by atoms with Crippen molar-refractivity contribution in [3.63, 3.8) is 0 Å². The minimum Gasteiger partial charge on any atom is -0.377 e. The molecule has 1 saturated carbocycles. The zero-order valence-electron chi connectivity index (χ0n) is 12.7. The van der Waals surface area contributed by atoms with Gasteiger partial charge in [0.1, 0.15) is 0 Å². The predicted octanol–water partition coefficient (Wildman–Crippen LogP) is 2.82. The number of hydrogen-bond acceptors (Lipinski definition) is 4. The molecule has 3 fully saturated rings. The van der Waals surface area contributed by atoms with Gasteiger partial charge in [-0.15, -0.1) is 0 Å². The van der Waals surface area contributed by atoms with E-state index >= 15 is 0 Å². The Hall–Kier alpha value is 0.230. The minimum absolute atomic E-state index is 0.145. The first kappa shape index (κ1) is 15.1. The van der Waals surface area contributed by atoms with Crippen LogP contribution in [-0.4, -0.2) is 42.5 Å². The molecule has 1 aliphatic carbocycles. The third kappa shape index (κ3) is 3.34. The molecule has 0 aromatic heterocycles. The van der Waals surface area contributed by atoms with Crippen LogP contribution in [0.1, 0.15) is 45.4 Å². The van der Waals surface area contributed by atoms with E-state index < -0.39 is 0 Å². The van der Waals surface area contributed by atoms with Crippen LogP contribution in [-0.2, 0) is 9.47 Å². The monoisotopic (exact) mass is 299 g/mol. The molecule has 0 amide bonds. The van der Waals surface area contributed by atoms with Crippen molar-refractivity contribution in [2.75, 3.05) is 24.7 Å². The van der Waals surface area contributed by atoms with Gasteiger partial charge in [-0.05, 0) is 68.8 Å². The Labute approximate surface area is 127 Å². The molecule has 0 aromatic rings. The highest BCUT2D eigenvalue weighted by Gasteiger charge is 2.44. The van der Waals surface area contributed by atoms with E-state index in [1.54, 1.807) is 0 Å². The summed E-state index contributed by atoms with van der Waals surface area (Å²) >= 11 is 2.07. The van der Waals surface area contributed by atoms with E-state index in [9.17, 15) is 0 Å². The highest BCUT2D eigenvalue weighted by Crippen LogP contribution is 2.43. The normalized spacial score (nSPS) is 33.0. The van der Waals surface area contributed by atoms with Gasteiger partial charge in [0.05, 0.1) is 11.7 Å². The van der Waals surface area contributed by atoms with Crippen LogP contribution in [0.15, 0.2) is 0 Å².